The molecule has 0 aliphatic heterocycles. The van der Waals surface area contributed by atoms with E-state index < -0.39 is 5.63 Å². The lowest BCUT2D eigenvalue weighted by atomic mass is 10.0. The third-order valence-electron chi connectivity index (χ3n) is 4.61. The number of hydrogen-bond donors (Lipinski definition) is 1. The molecule has 0 saturated heterocycles. The van der Waals surface area contributed by atoms with Gasteiger partial charge in [0.05, 0.1) is 6.54 Å². The molecule has 0 aliphatic carbocycles. The highest BCUT2D eigenvalue weighted by Crippen LogP contribution is 2.29. The van der Waals surface area contributed by atoms with Gasteiger partial charge in [-0.1, -0.05) is 48.5 Å². The van der Waals surface area contributed by atoms with Gasteiger partial charge in [0.1, 0.15) is 23.7 Å². The standard InChI is InChI=1S/C25H21NO5/c27-24(26-13-14-29-19-9-5-2-6-10-19)17-30-20-11-12-21-22(18-7-3-1-4-8-18)16-25(28)31-23(21)15-20/h1-12,15-16H,13-14,17H2,(H,26,27). The highest BCUT2D eigenvalue weighted by atomic mass is 16.5. The summed E-state index contributed by atoms with van der Waals surface area (Å²) in [5.74, 6) is 0.924. The first-order valence-electron chi connectivity index (χ1n) is 9.90. The van der Waals surface area contributed by atoms with Crippen molar-refractivity contribution in [3.63, 3.8) is 0 Å². The van der Waals surface area contributed by atoms with Crippen LogP contribution in [0.2, 0.25) is 0 Å². The number of carbonyl (C=O) groups excluding carboxylic acids is 1. The van der Waals surface area contributed by atoms with Crippen LogP contribution in [0.5, 0.6) is 11.5 Å². The fourth-order valence-corrected chi connectivity index (χ4v) is 3.17. The molecule has 6 heteroatoms. The molecule has 1 heterocycles. The quantitative estimate of drug-likeness (QED) is 0.347. The second-order valence-corrected chi connectivity index (χ2v) is 6.80. The summed E-state index contributed by atoms with van der Waals surface area (Å²) in [4.78, 5) is 24.0. The fourth-order valence-electron chi connectivity index (χ4n) is 3.17. The molecule has 4 aromatic rings. The zero-order valence-corrected chi connectivity index (χ0v) is 16.7. The van der Waals surface area contributed by atoms with Crippen molar-refractivity contribution < 1.29 is 18.7 Å². The Balaban J connectivity index is 1.36. The Kier molecular flexibility index (Phi) is 6.28. The highest BCUT2D eigenvalue weighted by molar-refractivity contribution is 5.93. The zero-order chi connectivity index (χ0) is 21.5. The van der Waals surface area contributed by atoms with Gasteiger partial charge in [0.15, 0.2) is 6.61 Å². The van der Waals surface area contributed by atoms with Gasteiger partial charge in [0.2, 0.25) is 0 Å². The maximum atomic E-state index is 12.0. The molecule has 0 aliphatic rings. The Bertz CT molecular complexity index is 1220. The van der Waals surface area contributed by atoms with Gasteiger partial charge in [0, 0.05) is 17.5 Å². The molecule has 0 unspecified atom stereocenters. The Morgan fingerprint density at radius 2 is 1.58 bits per heavy atom. The summed E-state index contributed by atoms with van der Waals surface area (Å²) in [6.07, 6.45) is 0. The molecule has 3 aromatic carbocycles. The van der Waals surface area contributed by atoms with E-state index in [1.165, 1.54) is 6.07 Å². The molecule has 0 bridgehead atoms. The van der Waals surface area contributed by atoms with Crippen LogP contribution in [0.1, 0.15) is 0 Å². The van der Waals surface area contributed by atoms with Crippen molar-refractivity contribution in [2.45, 2.75) is 0 Å². The van der Waals surface area contributed by atoms with Gasteiger partial charge in [-0.05, 0) is 35.4 Å². The number of hydrogen-bond acceptors (Lipinski definition) is 5. The van der Waals surface area contributed by atoms with Crippen LogP contribution in [0.4, 0.5) is 0 Å². The first kappa shape index (κ1) is 20.2. The van der Waals surface area contributed by atoms with Gasteiger partial charge in [-0.15, -0.1) is 0 Å². The van der Waals surface area contributed by atoms with Crippen LogP contribution in [0.15, 0.2) is 94.1 Å². The number of rotatable bonds is 8. The Labute approximate surface area is 179 Å². The molecular formula is C25H21NO5. The van der Waals surface area contributed by atoms with Crippen LogP contribution in [-0.2, 0) is 4.79 Å². The molecule has 0 saturated carbocycles. The molecule has 0 spiro atoms. The minimum atomic E-state index is -0.445. The van der Waals surface area contributed by atoms with Crippen LogP contribution in [0.3, 0.4) is 0 Å². The fraction of sp³-hybridized carbons (Fsp3) is 0.120. The average molecular weight is 415 g/mol. The van der Waals surface area contributed by atoms with Gasteiger partial charge in [-0.3, -0.25) is 4.79 Å². The summed E-state index contributed by atoms with van der Waals surface area (Å²) in [5.41, 5.74) is 1.67. The van der Waals surface area contributed by atoms with Crippen molar-refractivity contribution in [2.24, 2.45) is 0 Å². The molecule has 1 amide bonds. The van der Waals surface area contributed by atoms with E-state index >= 15 is 0 Å². The summed E-state index contributed by atoms with van der Waals surface area (Å²) >= 11 is 0. The van der Waals surface area contributed by atoms with Crippen molar-refractivity contribution in [2.75, 3.05) is 19.8 Å². The van der Waals surface area contributed by atoms with E-state index in [-0.39, 0.29) is 12.5 Å². The zero-order valence-electron chi connectivity index (χ0n) is 16.7. The maximum absolute atomic E-state index is 12.0. The molecular weight excluding hydrogens is 394 g/mol. The normalized spacial score (nSPS) is 10.6. The topological polar surface area (TPSA) is 77.8 Å². The third kappa shape index (κ3) is 5.30. The molecule has 6 nitrogen and oxygen atoms in total. The third-order valence-corrected chi connectivity index (χ3v) is 4.61. The lowest BCUT2D eigenvalue weighted by Gasteiger charge is -2.10. The predicted molar refractivity (Wildman–Crippen MR) is 118 cm³/mol. The first-order valence-corrected chi connectivity index (χ1v) is 9.90. The van der Waals surface area contributed by atoms with Crippen LogP contribution in [0, 0.1) is 0 Å². The first-order chi connectivity index (χ1) is 15.2. The number of para-hydroxylation sites is 1. The van der Waals surface area contributed by atoms with E-state index in [4.69, 9.17) is 13.9 Å². The minimum Gasteiger partial charge on any atom is -0.492 e. The van der Waals surface area contributed by atoms with Crippen LogP contribution in [0.25, 0.3) is 22.1 Å². The number of amides is 1. The lowest BCUT2D eigenvalue weighted by Crippen LogP contribution is -2.32. The Hall–Kier alpha value is -4.06. The van der Waals surface area contributed by atoms with Gasteiger partial charge in [-0.2, -0.15) is 0 Å². The Morgan fingerprint density at radius 1 is 0.839 bits per heavy atom. The van der Waals surface area contributed by atoms with Gasteiger partial charge in [0.25, 0.3) is 5.91 Å². The van der Waals surface area contributed by atoms with Crippen molar-refractivity contribution in [3.05, 3.63) is 95.3 Å². The summed E-state index contributed by atoms with van der Waals surface area (Å²) in [6.45, 7) is 0.572. The molecule has 156 valence electrons. The van der Waals surface area contributed by atoms with E-state index in [1.807, 2.05) is 66.7 Å². The van der Waals surface area contributed by atoms with Gasteiger partial charge in [-0.25, -0.2) is 4.79 Å². The lowest BCUT2D eigenvalue weighted by molar-refractivity contribution is -0.123. The van der Waals surface area contributed by atoms with Crippen molar-refractivity contribution in [3.8, 4) is 22.6 Å². The number of benzene rings is 3. The molecule has 1 aromatic heterocycles. The van der Waals surface area contributed by atoms with E-state index in [2.05, 4.69) is 5.32 Å². The van der Waals surface area contributed by atoms with Crippen molar-refractivity contribution >= 4 is 16.9 Å². The summed E-state index contributed by atoms with van der Waals surface area (Å²) < 4.78 is 16.4. The van der Waals surface area contributed by atoms with E-state index in [9.17, 15) is 9.59 Å². The summed E-state index contributed by atoms with van der Waals surface area (Å²) in [6, 6.07) is 25.7. The molecule has 4 rings (SSSR count). The van der Waals surface area contributed by atoms with Gasteiger partial charge < -0.3 is 19.2 Å². The van der Waals surface area contributed by atoms with E-state index in [1.54, 1.807) is 12.1 Å². The smallest absolute Gasteiger partial charge is 0.336 e. The average Bonchev–Trinajstić information content (AvgIpc) is 2.81. The number of ether oxygens (including phenoxy) is 2. The molecule has 0 atom stereocenters. The number of carbonyl (C=O) groups is 1. The largest absolute Gasteiger partial charge is 0.492 e. The van der Waals surface area contributed by atoms with Crippen LogP contribution in [-0.4, -0.2) is 25.7 Å². The highest BCUT2D eigenvalue weighted by Gasteiger charge is 2.10. The SMILES string of the molecule is O=C(COc1ccc2c(-c3ccccc3)cc(=O)oc2c1)NCCOc1ccccc1. The van der Waals surface area contributed by atoms with Crippen LogP contribution >= 0.6 is 0 Å². The second kappa shape index (κ2) is 9.63. The monoisotopic (exact) mass is 415 g/mol. The Morgan fingerprint density at radius 3 is 2.35 bits per heavy atom. The van der Waals surface area contributed by atoms with E-state index in [0.717, 1.165) is 22.3 Å². The molecule has 0 radical (unpaired) electrons. The summed E-state index contributed by atoms with van der Waals surface area (Å²) in [7, 11) is 0. The van der Waals surface area contributed by atoms with E-state index in [0.29, 0.717) is 24.5 Å². The molecule has 0 fully saturated rings. The molecule has 31 heavy (non-hydrogen) atoms. The molecule has 1 N–H and O–H groups in total. The number of fused-ring (bicyclic) bond motifs is 1. The van der Waals surface area contributed by atoms with Crippen LogP contribution < -0.4 is 20.4 Å². The number of nitrogens with one attached hydrogen (secondary N) is 1. The second-order valence-electron chi connectivity index (χ2n) is 6.80. The maximum Gasteiger partial charge on any atom is 0.336 e. The van der Waals surface area contributed by atoms with Crippen molar-refractivity contribution in [1.82, 2.24) is 5.32 Å². The summed E-state index contributed by atoms with van der Waals surface area (Å²) in [5, 5.41) is 3.53. The minimum absolute atomic E-state index is 0.153. The predicted octanol–water partition coefficient (Wildman–Crippen LogP) is 4.03. The van der Waals surface area contributed by atoms with Gasteiger partial charge >= 0.3 is 5.63 Å². The van der Waals surface area contributed by atoms with Crippen molar-refractivity contribution in [1.29, 1.82) is 0 Å².